The van der Waals surface area contributed by atoms with Crippen LogP contribution in [0.4, 0.5) is 0 Å². The lowest BCUT2D eigenvalue weighted by Gasteiger charge is -2.18. The van der Waals surface area contributed by atoms with E-state index in [-0.39, 0.29) is 0 Å². The molecule has 1 heterocycles. The van der Waals surface area contributed by atoms with E-state index in [0.29, 0.717) is 6.04 Å². The van der Waals surface area contributed by atoms with Crippen molar-refractivity contribution in [1.82, 2.24) is 5.32 Å². The first-order chi connectivity index (χ1) is 9.88. The SMILES string of the molecule is CCCNC(CCc1ccsc1)CSc1ccccc1. The molecule has 1 nitrogen and oxygen atoms in total. The summed E-state index contributed by atoms with van der Waals surface area (Å²) in [6.45, 7) is 3.34. The maximum atomic E-state index is 3.68. The summed E-state index contributed by atoms with van der Waals surface area (Å²) in [4.78, 5) is 1.37. The lowest BCUT2D eigenvalue weighted by Crippen LogP contribution is -2.32. The Hall–Kier alpha value is -0.770. The largest absolute Gasteiger partial charge is 0.313 e. The van der Waals surface area contributed by atoms with E-state index < -0.39 is 0 Å². The van der Waals surface area contributed by atoms with Gasteiger partial charge in [0.1, 0.15) is 0 Å². The van der Waals surface area contributed by atoms with Crippen LogP contribution in [-0.4, -0.2) is 18.3 Å². The number of hydrogen-bond donors (Lipinski definition) is 1. The van der Waals surface area contributed by atoms with Crippen molar-refractivity contribution in [2.45, 2.75) is 37.1 Å². The average molecular weight is 306 g/mol. The lowest BCUT2D eigenvalue weighted by molar-refractivity contribution is 0.520. The smallest absolute Gasteiger partial charge is 0.0164 e. The normalized spacial score (nSPS) is 12.4. The fraction of sp³-hybridized carbons (Fsp3) is 0.412. The van der Waals surface area contributed by atoms with Gasteiger partial charge < -0.3 is 5.32 Å². The molecule has 0 aliphatic carbocycles. The Labute approximate surface area is 130 Å². The van der Waals surface area contributed by atoms with Crippen molar-refractivity contribution in [2.75, 3.05) is 12.3 Å². The Kier molecular flexibility index (Phi) is 7.20. The Bertz CT molecular complexity index is 453. The summed E-state index contributed by atoms with van der Waals surface area (Å²) < 4.78 is 0. The van der Waals surface area contributed by atoms with Crippen molar-refractivity contribution >= 4 is 23.1 Å². The fourth-order valence-electron chi connectivity index (χ4n) is 2.08. The minimum absolute atomic E-state index is 0.597. The molecule has 2 aromatic rings. The molecule has 1 atom stereocenters. The maximum absolute atomic E-state index is 3.68. The molecule has 0 bridgehead atoms. The number of thioether (sulfide) groups is 1. The summed E-state index contributed by atoms with van der Waals surface area (Å²) >= 11 is 3.75. The van der Waals surface area contributed by atoms with Crippen molar-refractivity contribution in [1.29, 1.82) is 0 Å². The van der Waals surface area contributed by atoms with Gasteiger partial charge in [0.25, 0.3) is 0 Å². The van der Waals surface area contributed by atoms with Gasteiger partial charge >= 0.3 is 0 Å². The van der Waals surface area contributed by atoms with Gasteiger partial charge in [-0.05, 0) is 60.3 Å². The van der Waals surface area contributed by atoms with Crippen LogP contribution in [-0.2, 0) is 6.42 Å². The van der Waals surface area contributed by atoms with Crippen molar-refractivity contribution < 1.29 is 0 Å². The second-order valence-electron chi connectivity index (χ2n) is 4.95. The van der Waals surface area contributed by atoms with Crippen molar-refractivity contribution in [3.05, 3.63) is 52.7 Å². The van der Waals surface area contributed by atoms with Crippen LogP contribution in [0.15, 0.2) is 52.1 Å². The molecule has 1 N–H and O–H groups in total. The first kappa shape index (κ1) is 15.6. The molecule has 0 saturated carbocycles. The van der Waals surface area contributed by atoms with Gasteiger partial charge in [0.15, 0.2) is 0 Å². The Morgan fingerprint density at radius 2 is 2.05 bits per heavy atom. The maximum Gasteiger partial charge on any atom is 0.0164 e. The average Bonchev–Trinajstić information content (AvgIpc) is 3.01. The molecule has 3 heteroatoms. The molecule has 2 rings (SSSR count). The highest BCUT2D eigenvalue weighted by Crippen LogP contribution is 2.20. The summed E-state index contributed by atoms with van der Waals surface area (Å²) in [5.41, 5.74) is 1.48. The highest BCUT2D eigenvalue weighted by molar-refractivity contribution is 7.99. The lowest BCUT2D eigenvalue weighted by atomic mass is 10.1. The number of benzene rings is 1. The first-order valence-corrected chi connectivity index (χ1v) is 9.23. The van der Waals surface area contributed by atoms with E-state index in [4.69, 9.17) is 0 Å². The van der Waals surface area contributed by atoms with E-state index in [1.807, 2.05) is 11.8 Å². The number of nitrogens with one attached hydrogen (secondary N) is 1. The van der Waals surface area contributed by atoms with Gasteiger partial charge in [-0.2, -0.15) is 11.3 Å². The topological polar surface area (TPSA) is 12.0 Å². The third-order valence-electron chi connectivity index (χ3n) is 3.24. The zero-order chi connectivity index (χ0) is 14.0. The van der Waals surface area contributed by atoms with Crippen LogP contribution in [0.3, 0.4) is 0 Å². The predicted molar refractivity (Wildman–Crippen MR) is 91.9 cm³/mol. The fourth-order valence-corrected chi connectivity index (χ4v) is 3.81. The number of thiophene rings is 1. The molecule has 0 radical (unpaired) electrons. The Morgan fingerprint density at radius 3 is 2.75 bits per heavy atom. The predicted octanol–water partition coefficient (Wildman–Crippen LogP) is 4.84. The van der Waals surface area contributed by atoms with E-state index in [2.05, 4.69) is 59.4 Å². The molecule has 0 aliphatic rings. The number of aryl methyl sites for hydroxylation is 1. The molecule has 0 saturated heterocycles. The third kappa shape index (κ3) is 5.70. The molecular formula is C17H23NS2. The zero-order valence-electron chi connectivity index (χ0n) is 12.0. The zero-order valence-corrected chi connectivity index (χ0v) is 13.7. The number of hydrogen-bond acceptors (Lipinski definition) is 3. The van der Waals surface area contributed by atoms with Crippen molar-refractivity contribution in [3.8, 4) is 0 Å². The van der Waals surface area contributed by atoms with Crippen LogP contribution in [0.5, 0.6) is 0 Å². The summed E-state index contributed by atoms with van der Waals surface area (Å²) in [6, 6.07) is 13.5. The van der Waals surface area contributed by atoms with Gasteiger partial charge in [0.2, 0.25) is 0 Å². The van der Waals surface area contributed by atoms with Crippen LogP contribution in [0.2, 0.25) is 0 Å². The summed E-state index contributed by atoms with van der Waals surface area (Å²) in [7, 11) is 0. The van der Waals surface area contributed by atoms with Crippen LogP contribution in [0, 0.1) is 0 Å². The third-order valence-corrected chi connectivity index (χ3v) is 5.15. The summed E-state index contributed by atoms with van der Waals surface area (Å²) in [5.74, 6) is 1.15. The Morgan fingerprint density at radius 1 is 1.20 bits per heavy atom. The minimum atomic E-state index is 0.597. The number of rotatable bonds is 9. The highest BCUT2D eigenvalue weighted by atomic mass is 32.2. The van der Waals surface area contributed by atoms with Gasteiger partial charge in [-0.3, -0.25) is 0 Å². The molecule has 0 amide bonds. The van der Waals surface area contributed by atoms with E-state index >= 15 is 0 Å². The van der Waals surface area contributed by atoms with Crippen molar-refractivity contribution in [2.24, 2.45) is 0 Å². The molecule has 1 aromatic carbocycles. The monoisotopic (exact) mass is 305 g/mol. The van der Waals surface area contributed by atoms with Gasteiger partial charge in [-0.1, -0.05) is 25.1 Å². The van der Waals surface area contributed by atoms with Gasteiger partial charge in [-0.15, -0.1) is 11.8 Å². The van der Waals surface area contributed by atoms with Crippen LogP contribution >= 0.6 is 23.1 Å². The minimum Gasteiger partial charge on any atom is -0.313 e. The molecule has 20 heavy (non-hydrogen) atoms. The molecule has 0 spiro atoms. The highest BCUT2D eigenvalue weighted by Gasteiger charge is 2.09. The molecule has 0 aliphatic heterocycles. The van der Waals surface area contributed by atoms with Gasteiger partial charge in [0, 0.05) is 16.7 Å². The summed E-state index contributed by atoms with van der Waals surface area (Å²) in [5, 5.41) is 8.12. The second-order valence-corrected chi connectivity index (χ2v) is 6.82. The van der Waals surface area contributed by atoms with E-state index in [0.717, 1.165) is 12.3 Å². The molecular weight excluding hydrogens is 282 g/mol. The standard InChI is InChI=1S/C17H23NS2/c1-2-11-18-16(9-8-15-10-12-19-13-15)14-20-17-6-4-3-5-7-17/h3-7,10,12-13,16,18H,2,8-9,11,14H2,1H3. The van der Waals surface area contributed by atoms with Crippen LogP contribution < -0.4 is 5.32 Å². The second kappa shape index (κ2) is 9.22. The van der Waals surface area contributed by atoms with Gasteiger partial charge in [0.05, 0.1) is 0 Å². The van der Waals surface area contributed by atoms with Crippen LogP contribution in [0.1, 0.15) is 25.3 Å². The van der Waals surface area contributed by atoms with E-state index in [9.17, 15) is 0 Å². The first-order valence-electron chi connectivity index (χ1n) is 7.30. The summed E-state index contributed by atoms with van der Waals surface area (Å²) in [6.07, 6.45) is 3.60. The van der Waals surface area contributed by atoms with E-state index in [1.54, 1.807) is 11.3 Å². The molecule has 108 valence electrons. The molecule has 0 fully saturated rings. The molecule has 1 unspecified atom stereocenters. The quantitative estimate of drug-likeness (QED) is 0.665. The van der Waals surface area contributed by atoms with E-state index in [1.165, 1.54) is 29.7 Å². The Balaban J connectivity index is 1.80. The van der Waals surface area contributed by atoms with Crippen LogP contribution in [0.25, 0.3) is 0 Å². The molecule has 1 aromatic heterocycles. The van der Waals surface area contributed by atoms with Gasteiger partial charge in [-0.25, -0.2) is 0 Å². The van der Waals surface area contributed by atoms with Crippen molar-refractivity contribution in [3.63, 3.8) is 0 Å².